The van der Waals surface area contributed by atoms with Gasteiger partial charge in [-0.15, -0.1) is 0 Å². The van der Waals surface area contributed by atoms with Gasteiger partial charge in [0.2, 0.25) is 5.91 Å². The lowest BCUT2D eigenvalue weighted by Crippen LogP contribution is -2.24. The third kappa shape index (κ3) is 3.52. The van der Waals surface area contributed by atoms with E-state index in [9.17, 15) is 14.4 Å². The van der Waals surface area contributed by atoms with E-state index in [1.807, 2.05) is 37.3 Å². The molecule has 6 heteroatoms. The number of rotatable bonds is 4. The second-order valence-corrected chi connectivity index (χ2v) is 7.03. The molecular weight excluding hydrogens is 366 g/mol. The minimum atomic E-state index is -0.381. The van der Waals surface area contributed by atoms with Crippen LogP contribution in [0.3, 0.4) is 0 Å². The van der Waals surface area contributed by atoms with Crippen LogP contribution in [0.4, 0.5) is 5.82 Å². The van der Waals surface area contributed by atoms with Crippen molar-refractivity contribution in [2.24, 2.45) is 0 Å². The first-order valence-corrected chi connectivity index (χ1v) is 9.21. The summed E-state index contributed by atoms with van der Waals surface area (Å²) in [6.07, 6.45) is 1.69. The third-order valence-corrected chi connectivity index (χ3v) is 4.97. The predicted molar refractivity (Wildman–Crippen MR) is 110 cm³/mol. The first-order chi connectivity index (χ1) is 13.9. The number of hydrogen-bond donors (Lipinski definition) is 1. The molecule has 0 fully saturated rings. The van der Waals surface area contributed by atoms with Crippen molar-refractivity contribution < 1.29 is 14.4 Å². The molecule has 29 heavy (non-hydrogen) atoms. The van der Waals surface area contributed by atoms with Gasteiger partial charge in [-0.3, -0.25) is 19.3 Å². The molecule has 0 unspecified atom stereocenters. The maximum Gasteiger partial charge on any atom is 0.261 e. The smallest absolute Gasteiger partial charge is 0.261 e. The van der Waals surface area contributed by atoms with E-state index in [-0.39, 0.29) is 24.1 Å². The van der Waals surface area contributed by atoms with E-state index in [0.29, 0.717) is 22.5 Å². The van der Waals surface area contributed by atoms with Gasteiger partial charge in [-0.25, -0.2) is 4.98 Å². The number of hydrogen-bond acceptors (Lipinski definition) is 4. The summed E-state index contributed by atoms with van der Waals surface area (Å²) in [5.74, 6) is -0.601. The number of imide groups is 1. The van der Waals surface area contributed by atoms with Gasteiger partial charge in [0, 0.05) is 18.8 Å². The number of aryl methyl sites for hydroxylation is 1. The van der Waals surface area contributed by atoms with Gasteiger partial charge in [-0.1, -0.05) is 42.0 Å². The van der Waals surface area contributed by atoms with Crippen LogP contribution >= 0.6 is 0 Å². The predicted octanol–water partition coefficient (Wildman–Crippen LogP) is 3.46. The summed E-state index contributed by atoms with van der Waals surface area (Å²) < 4.78 is 0. The van der Waals surface area contributed by atoms with Crippen LogP contribution in [0.25, 0.3) is 11.1 Å². The monoisotopic (exact) mass is 385 g/mol. The fourth-order valence-corrected chi connectivity index (χ4v) is 3.36. The van der Waals surface area contributed by atoms with Gasteiger partial charge in [0.05, 0.1) is 17.5 Å². The van der Waals surface area contributed by atoms with Crippen molar-refractivity contribution in [3.8, 4) is 11.1 Å². The Kier molecular flexibility index (Phi) is 4.68. The highest BCUT2D eigenvalue weighted by atomic mass is 16.2. The van der Waals surface area contributed by atoms with Crippen LogP contribution in [0.5, 0.6) is 0 Å². The molecule has 2 heterocycles. The van der Waals surface area contributed by atoms with Gasteiger partial charge < -0.3 is 5.32 Å². The number of nitrogens with one attached hydrogen (secondary N) is 1. The van der Waals surface area contributed by atoms with Crippen LogP contribution in [0.1, 0.15) is 31.8 Å². The average molecular weight is 385 g/mol. The van der Waals surface area contributed by atoms with Crippen molar-refractivity contribution in [2.45, 2.75) is 13.3 Å². The van der Waals surface area contributed by atoms with Crippen molar-refractivity contribution >= 4 is 23.5 Å². The van der Waals surface area contributed by atoms with Crippen molar-refractivity contribution in [1.82, 2.24) is 9.88 Å². The van der Waals surface area contributed by atoms with Gasteiger partial charge >= 0.3 is 0 Å². The maximum absolute atomic E-state index is 12.5. The number of fused-ring (bicyclic) bond motifs is 1. The zero-order chi connectivity index (χ0) is 20.5. The highest BCUT2D eigenvalue weighted by Gasteiger charge is 2.34. The Labute approximate surface area is 168 Å². The fraction of sp³-hybridized carbons (Fsp3) is 0.130. The summed E-state index contributed by atoms with van der Waals surface area (Å²) in [5.41, 5.74) is 4.36. The van der Waals surface area contributed by atoms with Crippen molar-refractivity contribution in [3.05, 3.63) is 83.0 Å². The lowest BCUT2D eigenvalue weighted by atomic mass is 10.00. The fourth-order valence-electron chi connectivity index (χ4n) is 3.36. The van der Waals surface area contributed by atoms with Crippen LogP contribution in [0, 0.1) is 6.92 Å². The van der Waals surface area contributed by atoms with Crippen LogP contribution < -0.4 is 5.32 Å². The Morgan fingerprint density at radius 3 is 2.38 bits per heavy atom. The topological polar surface area (TPSA) is 79.4 Å². The molecule has 1 aliphatic rings. The molecule has 1 aromatic heterocycles. The highest BCUT2D eigenvalue weighted by molar-refractivity contribution is 6.22. The van der Waals surface area contributed by atoms with Gasteiger partial charge in [0.25, 0.3) is 11.8 Å². The third-order valence-electron chi connectivity index (χ3n) is 4.97. The lowest BCUT2D eigenvalue weighted by molar-refractivity contribution is -0.115. The van der Waals surface area contributed by atoms with E-state index in [1.165, 1.54) is 12.6 Å². The van der Waals surface area contributed by atoms with Crippen molar-refractivity contribution in [3.63, 3.8) is 0 Å². The van der Waals surface area contributed by atoms with Crippen LogP contribution in [0.2, 0.25) is 0 Å². The van der Waals surface area contributed by atoms with E-state index in [2.05, 4.69) is 10.3 Å². The number of anilines is 1. The van der Waals surface area contributed by atoms with Crippen LogP contribution in [0.15, 0.2) is 60.8 Å². The summed E-state index contributed by atoms with van der Waals surface area (Å²) in [7, 11) is 1.44. The van der Waals surface area contributed by atoms with E-state index in [4.69, 9.17) is 0 Å². The summed E-state index contributed by atoms with van der Waals surface area (Å²) in [4.78, 5) is 42.3. The molecule has 0 saturated heterocycles. The molecule has 1 aliphatic heterocycles. The number of aromatic nitrogens is 1. The summed E-state index contributed by atoms with van der Waals surface area (Å²) in [6.45, 7) is 2.03. The number of amides is 3. The molecule has 4 rings (SSSR count). The Morgan fingerprint density at radius 2 is 1.69 bits per heavy atom. The molecular formula is C23H19N3O3. The number of carbonyl (C=O) groups excluding carboxylic acids is 3. The summed E-state index contributed by atoms with van der Waals surface area (Å²) in [5, 5.41) is 2.75. The SMILES string of the molecule is Cc1ccc(-c2ccc(NC(=O)Cc3cccc4c3C(=O)N(C)C4=O)nc2)cc1. The number of pyridine rings is 1. The molecule has 3 amide bonds. The van der Waals surface area contributed by atoms with Crippen LogP contribution in [-0.4, -0.2) is 34.7 Å². The summed E-state index contributed by atoms with van der Waals surface area (Å²) in [6, 6.07) is 16.7. The molecule has 2 aromatic carbocycles. The number of nitrogens with zero attached hydrogens (tertiary/aromatic N) is 2. The molecule has 0 aliphatic carbocycles. The normalized spacial score (nSPS) is 12.8. The van der Waals surface area contributed by atoms with Crippen molar-refractivity contribution in [2.75, 3.05) is 12.4 Å². The minimum Gasteiger partial charge on any atom is -0.310 e. The van der Waals surface area contributed by atoms with E-state index in [0.717, 1.165) is 16.0 Å². The summed E-state index contributed by atoms with van der Waals surface area (Å²) >= 11 is 0. The highest BCUT2D eigenvalue weighted by Crippen LogP contribution is 2.26. The molecule has 0 bridgehead atoms. The molecule has 1 N–H and O–H groups in total. The van der Waals surface area contributed by atoms with E-state index >= 15 is 0 Å². The van der Waals surface area contributed by atoms with E-state index in [1.54, 1.807) is 30.5 Å². The first kappa shape index (κ1) is 18.6. The Balaban J connectivity index is 1.48. The molecule has 144 valence electrons. The molecule has 6 nitrogen and oxygen atoms in total. The first-order valence-electron chi connectivity index (χ1n) is 9.21. The standard InChI is InChI=1S/C23H19N3O3/c1-14-6-8-15(9-7-14)17-10-11-19(24-13-17)25-20(27)12-16-4-3-5-18-21(16)23(29)26(2)22(18)28/h3-11,13H,12H2,1-2H3,(H,24,25,27). The second kappa shape index (κ2) is 7.31. The lowest BCUT2D eigenvalue weighted by Gasteiger charge is -2.08. The maximum atomic E-state index is 12.5. The average Bonchev–Trinajstić information content (AvgIpc) is 2.94. The van der Waals surface area contributed by atoms with E-state index < -0.39 is 0 Å². The molecule has 0 spiro atoms. The number of carbonyl (C=O) groups is 3. The largest absolute Gasteiger partial charge is 0.310 e. The number of benzene rings is 2. The molecule has 0 radical (unpaired) electrons. The van der Waals surface area contributed by atoms with Gasteiger partial charge in [-0.05, 0) is 36.2 Å². The molecule has 3 aromatic rings. The quantitative estimate of drug-likeness (QED) is 0.698. The second-order valence-electron chi connectivity index (χ2n) is 7.03. The zero-order valence-corrected chi connectivity index (χ0v) is 16.1. The molecule has 0 saturated carbocycles. The van der Waals surface area contributed by atoms with Crippen molar-refractivity contribution in [1.29, 1.82) is 0 Å². The molecule has 0 atom stereocenters. The zero-order valence-electron chi connectivity index (χ0n) is 16.1. The minimum absolute atomic E-state index is 0.0164. The van der Waals surface area contributed by atoms with Gasteiger partial charge in [-0.2, -0.15) is 0 Å². The Morgan fingerprint density at radius 1 is 0.966 bits per heavy atom. The van der Waals surface area contributed by atoms with Crippen LogP contribution in [-0.2, 0) is 11.2 Å². The Hall–Kier alpha value is -3.80. The van der Waals surface area contributed by atoms with Gasteiger partial charge in [0.1, 0.15) is 5.82 Å². The van der Waals surface area contributed by atoms with Gasteiger partial charge in [0.15, 0.2) is 0 Å². The Bertz CT molecular complexity index is 1120.